The lowest BCUT2D eigenvalue weighted by Gasteiger charge is -2.12. The number of hydrazone groups is 1. The van der Waals surface area contributed by atoms with E-state index in [2.05, 4.69) is 41.7 Å². The molecule has 108 valence electrons. The molecule has 1 atom stereocenters. The molecular weight excluding hydrogens is 284 g/mol. The highest BCUT2D eigenvalue weighted by Crippen LogP contribution is 2.39. The fourth-order valence-electron chi connectivity index (χ4n) is 2.12. The van der Waals surface area contributed by atoms with Gasteiger partial charge in [0, 0.05) is 17.2 Å². The van der Waals surface area contributed by atoms with Crippen LogP contribution in [0.15, 0.2) is 47.6 Å². The van der Waals surface area contributed by atoms with Crippen LogP contribution in [0.5, 0.6) is 11.5 Å². The number of benzene rings is 2. The minimum absolute atomic E-state index is 0.0905. The topological polar surface area (TPSA) is 53.8 Å². The number of hydrogen-bond acceptors (Lipinski definition) is 5. The third-order valence-corrected chi connectivity index (χ3v) is 4.48. The molecule has 2 aromatic rings. The normalized spacial score (nSPS) is 17.2. The van der Waals surface area contributed by atoms with E-state index in [1.54, 1.807) is 24.9 Å². The zero-order valence-corrected chi connectivity index (χ0v) is 12.6. The van der Waals surface area contributed by atoms with Crippen LogP contribution < -0.4 is 10.2 Å². The van der Waals surface area contributed by atoms with Crippen LogP contribution in [0.4, 0.5) is 0 Å². The standard InChI is InChI=1S/C16H16N2O2S/c1-10-3-5-11(6-4-10)15-17-18-16(21-15)13-8-7-12(20-2)9-14(13)19/h3-9,16,18-19H,1-2H3/t16-/m0/s1. The van der Waals surface area contributed by atoms with Crippen molar-refractivity contribution < 1.29 is 9.84 Å². The molecule has 1 heterocycles. The third-order valence-electron chi connectivity index (χ3n) is 3.33. The maximum absolute atomic E-state index is 10.1. The van der Waals surface area contributed by atoms with E-state index in [0.717, 1.165) is 16.2 Å². The second-order valence-corrected chi connectivity index (χ2v) is 5.93. The Balaban J connectivity index is 1.78. The molecule has 0 saturated carbocycles. The maximum atomic E-state index is 10.1. The second kappa shape index (κ2) is 5.69. The van der Waals surface area contributed by atoms with Gasteiger partial charge in [-0.15, -0.1) is 0 Å². The summed E-state index contributed by atoms with van der Waals surface area (Å²) in [6.07, 6.45) is 0. The van der Waals surface area contributed by atoms with Gasteiger partial charge in [0.1, 0.15) is 21.9 Å². The van der Waals surface area contributed by atoms with Gasteiger partial charge in [-0.3, -0.25) is 5.43 Å². The van der Waals surface area contributed by atoms with Crippen molar-refractivity contribution in [2.24, 2.45) is 5.10 Å². The number of hydrogen-bond donors (Lipinski definition) is 2. The monoisotopic (exact) mass is 300 g/mol. The molecule has 1 aliphatic rings. The van der Waals surface area contributed by atoms with Crippen LogP contribution in [0.25, 0.3) is 0 Å². The van der Waals surface area contributed by atoms with E-state index in [9.17, 15) is 5.11 Å². The quantitative estimate of drug-likeness (QED) is 0.912. The molecule has 0 radical (unpaired) electrons. The highest BCUT2D eigenvalue weighted by atomic mass is 32.2. The lowest BCUT2D eigenvalue weighted by atomic mass is 10.2. The van der Waals surface area contributed by atoms with Crippen molar-refractivity contribution in [1.29, 1.82) is 0 Å². The van der Waals surface area contributed by atoms with Crippen LogP contribution in [0, 0.1) is 6.92 Å². The van der Waals surface area contributed by atoms with Crippen LogP contribution in [0.2, 0.25) is 0 Å². The molecule has 0 aromatic heterocycles. The van der Waals surface area contributed by atoms with Gasteiger partial charge in [0.05, 0.1) is 7.11 Å². The van der Waals surface area contributed by atoms with E-state index in [4.69, 9.17) is 4.74 Å². The number of nitrogens with one attached hydrogen (secondary N) is 1. The molecule has 1 aliphatic heterocycles. The minimum atomic E-state index is -0.0905. The van der Waals surface area contributed by atoms with Gasteiger partial charge in [0.15, 0.2) is 0 Å². The molecule has 4 nitrogen and oxygen atoms in total. The van der Waals surface area contributed by atoms with Gasteiger partial charge >= 0.3 is 0 Å². The fraction of sp³-hybridized carbons (Fsp3) is 0.188. The van der Waals surface area contributed by atoms with Crippen molar-refractivity contribution in [3.05, 3.63) is 59.2 Å². The number of ether oxygens (including phenoxy) is 1. The Kier molecular flexibility index (Phi) is 3.75. The molecule has 2 aromatic carbocycles. The van der Waals surface area contributed by atoms with Crippen molar-refractivity contribution in [3.63, 3.8) is 0 Å². The van der Waals surface area contributed by atoms with Gasteiger partial charge in [0.2, 0.25) is 0 Å². The summed E-state index contributed by atoms with van der Waals surface area (Å²) < 4.78 is 5.10. The predicted molar refractivity (Wildman–Crippen MR) is 85.8 cm³/mol. The summed E-state index contributed by atoms with van der Waals surface area (Å²) in [5, 5.41) is 15.3. The number of rotatable bonds is 3. The Labute approximate surface area is 127 Å². The Morgan fingerprint density at radius 2 is 1.95 bits per heavy atom. The van der Waals surface area contributed by atoms with Crippen LogP contribution in [0.1, 0.15) is 22.1 Å². The smallest absolute Gasteiger partial charge is 0.126 e. The first-order chi connectivity index (χ1) is 10.2. The molecule has 0 bridgehead atoms. The number of methoxy groups -OCH3 is 1. The molecule has 0 fully saturated rings. The molecular formula is C16H16N2O2S. The van der Waals surface area contributed by atoms with Crippen LogP contribution in [-0.2, 0) is 0 Å². The van der Waals surface area contributed by atoms with E-state index >= 15 is 0 Å². The van der Waals surface area contributed by atoms with E-state index in [1.807, 2.05) is 12.1 Å². The average molecular weight is 300 g/mol. The first kappa shape index (κ1) is 13.8. The molecule has 0 unspecified atom stereocenters. The van der Waals surface area contributed by atoms with Gasteiger partial charge in [-0.05, 0) is 19.1 Å². The molecule has 2 N–H and O–H groups in total. The summed E-state index contributed by atoms with van der Waals surface area (Å²) in [6.45, 7) is 2.06. The summed E-state index contributed by atoms with van der Waals surface area (Å²) in [5.41, 5.74) is 6.16. The summed E-state index contributed by atoms with van der Waals surface area (Å²) in [5.74, 6) is 0.846. The summed E-state index contributed by atoms with van der Waals surface area (Å²) in [4.78, 5) is 0. The second-order valence-electron chi connectivity index (χ2n) is 4.83. The van der Waals surface area contributed by atoms with E-state index < -0.39 is 0 Å². The maximum Gasteiger partial charge on any atom is 0.126 e. The highest BCUT2D eigenvalue weighted by molar-refractivity contribution is 8.14. The third kappa shape index (κ3) is 2.83. The summed E-state index contributed by atoms with van der Waals surface area (Å²) in [6, 6.07) is 13.5. The lowest BCUT2D eigenvalue weighted by Crippen LogP contribution is -2.06. The Morgan fingerprint density at radius 3 is 2.62 bits per heavy atom. The number of phenols is 1. The number of phenolic OH excluding ortho intramolecular Hbond substituents is 1. The summed E-state index contributed by atoms with van der Waals surface area (Å²) >= 11 is 1.59. The van der Waals surface area contributed by atoms with E-state index in [1.165, 1.54) is 5.56 Å². The van der Waals surface area contributed by atoms with Gasteiger partial charge in [-0.1, -0.05) is 41.6 Å². The molecule has 0 saturated heterocycles. The fourth-order valence-corrected chi connectivity index (χ4v) is 3.15. The van der Waals surface area contributed by atoms with Crippen molar-refractivity contribution in [2.45, 2.75) is 12.3 Å². The number of nitrogens with zero attached hydrogens (tertiary/aromatic N) is 1. The van der Waals surface area contributed by atoms with Crippen molar-refractivity contribution >= 4 is 16.8 Å². The zero-order valence-electron chi connectivity index (χ0n) is 11.8. The first-order valence-corrected chi connectivity index (χ1v) is 7.49. The largest absolute Gasteiger partial charge is 0.507 e. The Bertz CT molecular complexity index is 683. The Hall–Kier alpha value is -2.14. The molecule has 0 aliphatic carbocycles. The zero-order chi connectivity index (χ0) is 14.8. The van der Waals surface area contributed by atoms with E-state index in [-0.39, 0.29) is 11.1 Å². The van der Waals surface area contributed by atoms with Gasteiger partial charge < -0.3 is 9.84 Å². The number of aryl methyl sites for hydroxylation is 1. The first-order valence-electron chi connectivity index (χ1n) is 6.61. The van der Waals surface area contributed by atoms with Crippen LogP contribution in [-0.4, -0.2) is 17.3 Å². The molecule has 21 heavy (non-hydrogen) atoms. The average Bonchev–Trinajstić information content (AvgIpc) is 2.97. The number of thioether (sulfide) groups is 1. The summed E-state index contributed by atoms with van der Waals surface area (Å²) in [7, 11) is 1.58. The van der Waals surface area contributed by atoms with E-state index in [0.29, 0.717) is 5.75 Å². The van der Waals surface area contributed by atoms with Gasteiger partial charge in [0.25, 0.3) is 0 Å². The lowest BCUT2D eigenvalue weighted by molar-refractivity contribution is 0.406. The van der Waals surface area contributed by atoms with Crippen LogP contribution >= 0.6 is 11.8 Å². The minimum Gasteiger partial charge on any atom is -0.507 e. The van der Waals surface area contributed by atoms with Crippen molar-refractivity contribution in [2.75, 3.05) is 7.11 Å². The number of aromatic hydroxyl groups is 1. The molecule has 3 rings (SSSR count). The van der Waals surface area contributed by atoms with Gasteiger partial charge in [-0.2, -0.15) is 5.10 Å². The van der Waals surface area contributed by atoms with Gasteiger partial charge in [-0.25, -0.2) is 0 Å². The molecule has 0 amide bonds. The highest BCUT2D eigenvalue weighted by Gasteiger charge is 2.24. The SMILES string of the molecule is COc1ccc([C@H]2NN=C(c3ccc(C)cc3)S2)c(O)c1. The molecule has 0 spiro atoms. The van der Waals surface area contributed by atoms with Crippen molar-refractivity contribution in [3.8, 4) is 11.5 Å². The predicted octanol–water partition coefficient (Wildman–Crippen LogP) is 3.41. The van der Waals surface area contributed by atoms with Crippen LogP contribution in [0.3, 0.4) is 0 Å². The Morgan fingerprint density at radius 1 is 1.19 bits per heavy atom. The molecule has 5 heteroatoms. The van der Waals surface area contributed by atoms with Crippen molar-refractivity contribution in [1.82, 2.24) is 5.43 Å².